The van der Waals surface area contributed by atoms with Crippen molar-refractivity contribution in [2.24, 2.45) is 0 Å². The van der Waals surface area contributed by atoms with Crippen molar-refractivity contribution in [2.75, 3.05) is 7.11 Å². The van der Waals surface area contributed by atoms with Crippen molar-refractivity contribution in [3.63, 3.8) is 0 Å². The van der Waals surface area contributed by atoms with E-state index in [-0.39, 0.29) is 0 Å². The van der Waals surface area contributed by atoms with E-state index in [2.05, 4.69) is 22.5 Å². The number of rotatable bonds is 2. The average molecular weight is 348 g/mol. The summed E-state index contributed by atoms with van der Waals surface area (Å²) in [5, 5.41) is 2.14. The summed E-state index contributed by atoms with van der Waals surface area (Å²) in [7, 11) is 1.67. The number of benzene rings is 2. The maximum atomic E-state index is 5.94. The zero-order valence-corrected chi connectivity index (χ0v) is 14.8. The second-order valence-electron chi connectivity index (χ2n) is 6.40. The quantitative estimate of drug-likeness (QED) is 0.405. The van der Waals surface area contributed by atoms with Crippen LogP contribution in [0, 0.1) is 12.3 Å². The van der Waals surface area contributed by atoms with Crippen LogP contribution >= 0.6 is 0 Å². The first-order chi connectivity index (χ1) is 13.3. The minimum atomic E-state index is 0.820. The molecule has 128 valence electrons. The fourth-order valence-electron chi connectivity index (χ4n) is 3.76. The van der Waals surface area contributed by atoms with Crippen LogP contribution in [0.25, 0.3) is 38.6 Å². The van der Waals surface area contributed by atoms with Crippen LogP contribution < -0.4 is 4.74 Å². The lowest BCUT2D eigenvalue weighted by Crippen LogP contribution is -1.92. The summed E-state index contributed by atoms with van der Waals surface area (Å²) in [6.07, 6.45) is 7.99. The molecule has 3 heteroatoms. The summed E-state index contributed by atoms with van der Waals surface area (Å²) in [6.45, 7) is 0. The number of hydrogen-bond acceptors (Lipinski definition) is 2. The van der Waals surface area contributed by atoms with Crippen LogP contribution in [-0.2, 0) is 0 Å². The molecule has 0 spiro atoms. The maximum absolute atomic E-state index is 5.94. The number of para-hydroxylation sites is 1. The van der Waals surface area contributed by atoms with Gasteiger partial charge in [0.25, 0.3) is 0 Å². The van der Waals surface area contributed by atoms with Crippen LogP contribution in [0.3, 0.4) is 0 Å². The predicted octanol–water partition coefficient (Wildman–Crippen LogP) is 5.30. The molecule has 0 aliphatic rings. The average Bonchev–Trinajstić information content (AvgIpc) is 3.08. The Hall–Kier alpha value is -3.77. The molecule has 0 radical (unpaired) electrons. The third kappa shape index (κ3) is 2.21. The van der Waals surface area contributed by atoms with E-state index < -0.39 is 0 Å². The highest BCUT2D eigenvalue weighted by atomic mass is 16.5. The van der Waals surface area contributed by atoms with Crippen molar-refractivity contribution in [1.29, 1.82) is 0 Å². The van der Waals surface area contributed by atoms with E-state index in [1.54, 1.807) is 7.11 Å². The molecule has 0 saturated heterocycles. The zero-order valence-electron chi connectivity index (χ0n) is 14.8. The van der Waals surface area contributed by atoms with Gasteiger partial charge in [0.2, 0.25) is 0 Å². The van der Waals surface area contributed by atoms with Gasteiger partial charge in [-0.25, -0.2) is 4.98 Å². The Labute approximate surface area is 156 Å². The van der Waals surface area contributed by atoms with E-state index in [9.17, 15) is 0 Å². The molecule has 0 N–H and O–H groups in total. The molecular weight excluding hydrogens is 332 g/mol. The SMILES string of the molecule is C#Cc1c2c3ccccc3nc(-c3ccc(OC)cc3)c2n2ccccc12. The first kappa shape index (κ1) is 15.5. The summed E-state index contributed by atoms with van der Waals surface area (Å²) in [5.41, 5.74) is 5.82. The molecule has 3 aromatic heterocycles. The molecular formula is C24H16N2O. The van der Waals surface area contributed by atoms with Gasteiger partial charge < -0.3 is 9.14 Å². The van der Waals surface area contributed by atoms with Crippen molar-refractivity contribution in [3.8, 4) is 29.4 Å². The largest absolute Gasteiger partial charge is 0.497 e. The van der Waals surface area contributed by atoms with E-state index in [1.165, 1.54) is 0 Å². The van der Waals surface area contributed by atoms with Crippen molar-refractivity contribution in [1.82, 2.24) is 9.38 Å². The fourth-order valence-corrected chi connectivity index (χ4v) is 3.76. The first-order valence-corrected chi connectivity index (χ1v) is 8.74. The van der Waals surface area contributed by atoms with E-state index in [0.717, 1.165) is 49.9 Å². The third-order valence-corrected chi connectivity index (χ3v) is 4.98. The van der Waals surface area contributed by atoms with Gasteiger partial charge in [0.1, 0.15) is 5.75 Å². The van der Waals surface area contributed by atoms with Crippen molar-refractivity contribution < 1.29 is 4.74 Å². The monoisotopic (exact) mass is 348 g/mol. The minimum Gasteiger partial charge on any atom is -0.497 e. The maximum Gasteiger partial charge on any atom is 0.118 e. The lowest BCUT2D eigenvalue weighted by molar-refractivity contribution is 0.415. The van der Waals surface area contributed by atoms with Crippen LogP contribution in [0.1, 0.15) is 5.56 Å². The molecule has 3 nitrogen and oxygen atoms in total. The number of methoxy groups -OCH3 is 1. The van der Waals surface area contributed by atoms with Gasteiger partial charge in [-0.3, -0.25) is 0 Å². The molecule has 0 fully saturated rings. The standard InChI is InChI=1S/C24H16N2O/c1-3-18-21-10-6-7-15-26(21)24-22(18)19-8-4-5-9-20(19)25-23(24)16-11-13-17(27-2)14-12-16/h1,4-15H,2H3. The molecule has 0 atom stereocenters. The lowest BCUT2D eigenvalue weighted by Gasteiger charge is -2.09. The normalized spacial score (nSPS) is 11.1. The van der Waals surface area contributed by atoms with E-state index in [4.69, 9.17) is 16.1 Å². The summed E-state index contributed by atoms with van der Waals surface area (Å²) in [4.78, 5) is 5.00. The molecule has 2 aromatic carbocycles. The Bertz CT molecular complexity index is 1360. The minimum absolute atomic E-state index is 0.820. The third-order valence-electron chi connectivity index (χ3n) is 4.98. The number of terminal acetylenes is 1. The fraction of sp³-hybridized carbons (Fsp3) is 0.0417. The molecule has 0 aliphatic heterocycles. The topological polar surface area (TPSA) is 26.5 Å². The van der Waals surface area contributed by atoms with Crippen LogP contribution in [-0.4, -0.2) is 16.5 Å². The van der Waals surface area contributed by atoms with Gasteiger partial charge in [-0.15, -0.1) is 6.42 Å². The van der Waals surface area contributed by atoms with Gasteiger partial charge in [0.15, 0.2) is 0 Å². The smallest absolute Gasteiger partial charge is 0.118 e. The second-order valence-corrected chi connectivity index (χ2v) is 6.40. The highest BCUT2D eigenvalue weighted by molar-refractivity contribution is 6.15. The molecule has 5 rings (SSSR count). The number of fused-ring (bicyclic) bond motifs is 5. The molecule has 0 amide bonds. The van der Waals surface area contributed by atoms with E-state index in [0.29, 0.717) is 0 Å². The van der Waals surface area contributed by atoms with Crippen LogP contribution in [0.4, 0.5) is 0 Å². The van der Waals surface area contributed by atoms with Gasteiger partial charge in [-0.1, -0.05) is 30.2 Å². The molecule has 27 heavy (non-hydrogen) atoms. The van der Waals surface area contributed by atoms with Crippen LogP contribution in [0.15, 0.2) is 72.9 Å². The zero-order chi connectivity index (χ0) is 18.4. The van der Waals surface area contributed by atoms with E-state index in [1.807, 2.05) is 60.8 Å². The second kappa shape index (κ2) is 5.89. The molecule has 5 aromatic rings. The Balaban J connectivity index is 2.02. The Kier molecular flexibility index (Phi) is 3.38. The lowest BCUT2D eigenvalue weighted by atomic mass is 10.0. The number of aromatic nitrogens is 2. The molecule has 0 unspecified atom stereocenters. The summed E-state index contributed by atoms with van der Waals surface area (Å²) in [6, 6.07) is 22.2. The Morgan fingerprint density at radius 1 is 0.963 bits per heavy atom. The van der Waals surface area contributed by atoms with Gasteiger partial charge in [0, 0.05) is 22.5 Å². The van der Waals surface area contributed by atoms with Crippen molar-refractivity contribution >= 4 is 27.3 Å². The Morgan fingerprint density at radius 2 is 1.74 bits per heavy atom. The molecule has 0 saturated carbocycles. The number of pyridine rings is 2. The molecule has 3 heterocycles. The predicted molar refractivity (Wildman–Crippen MR) is 110 cm³/mol. The van der Waals surface area contributed by atoms with Gasteiger partial charge in [-0.2, -0.15) is 0 Å². The first-order valence-electron chi connectivity index (χ1n) is 8.74. The Morgan fingerprint density at radius 3 is 2.52 bits per heavy atom. The molecule has 0 bridgehead atoms. The summed E-state index contributed by atoms with van der Waals surface area (Å²) in [5.74, 6) is 3.73. The van der Waals surface area contributed by atoms with E-state index >= 15 is 0 Å². The number of hydrogen-bond donors (Lipinski definition) is 0. The van der Waals surface area contributed by atoms with Crippen LogP contribution in [0.2, 0.25) is 0 Å². The number of ether oxygens (including phenoxy) is 1. The van der Waals surface area contributed by atoms with Crippen LogP contribution in [0.5, 0.6) is 5.75 Å². The number of nitrogens with zero attached hydrogens (tertiary/aromatic N) is 2. The highest BCUT2D eigenvalue weighted by Crippen LogP contribution is 2.37. The van der Waals surface area contributed by atoms with Gasteiger partial charge in [0.05, 0.1) is 34.9 Å². The van der Waals surface area contributed by atoms with Gasteiger partial charge in [-0.05, 0) is 42.5 Å². The molecule has 0 aliphatic carbocycles. The van der Waals surface area contributed by atoms with Gasteiger partial charge >= 0.3 is 0 Å². The van der Waals surface area contributed by atoms with Crippen molar-refractivity contribution in [3.05, 3.63) is 78.5 Å². The summed E-state index contributed by atoms with van der Waals surface area (Å²) < 4.78 is 7.44. The van der Waals surface area contributed by atoms with Crippen molar-refractivity contribution in [2.45, 2.75) is 0 Å². The summed E-state index contributed by atoms with van der Waals surface area (Å²) >= 11 is 0. The highest BCUT2D eigenvalue weighted by Gasteiger charge is 2.18.